The van der Waals surface area contributed by atoms with Gasteiger partial charge in [-0.1, -0.05) is 30.3 Å². The zero-order chi connectivity index (χ0) is 23.5. The molecule has 0 atom stereocenters. The van der Waals surface area contributed by atoms with E-state index in [9.17, 15) is 32.7 Å². The first-order chi connectivity index (χ1) is 15.1. The number of aliphatic hydroxyl groups excluding tert-OH is 1. The Balaban J connectivity index is 1.69. The second-order valence-electron chi connectivity index (χ2n) is 7.00. The average Bonchev–Trinajstić information content (AvgIpc) is 2.74. The minimum absolute atomic E-state index is 0.0386. The van der Waals surface area contributed by atoms with Crippen LogP contribution in [0.3, 0.4) is 0 Å². The van der Waals surface area contributed by atoms with Gasteiger partial charge in [-0.15, -0.1) is 0 Å². The normalized spacial score (nSPS) is 14.5. The van der Waals surface area contributed by atoms with Gasteiger partial charge in [-0.25, -0.2) is 0 Å². The fourth-order valence-electron chi connectivity index (χ4n) is 3.13. The van der Waals surface area contributed by atoms with Crippen molar-refractivity contribution in [1.82, 2.24) is 15.2 Å². The van der Waals surface area contributed by atoms with Crippen LogP contribution in [-0.4, -0.2) is 51.0 Å². The SMILES string of the molecule is O=C(O)CNC(=O)C1=C(O)CCN(Cc2ccc(-c3ccc(C(F)(F)F)nc3)cc2)C1=O. The molecule has 1 aliphatic rings. The van der Waals surface area contributed by atoms with Crippen molar-refractivity contribution in [3.05, 3.63) is 65.2 Å². The van der Waals surface area contributed by atoms with Gasteiger partial charge in [0.15, 0.2) is 0 Å². The standard InChI is InChI=1S/C21H18F3N3O5/c22-21(23,24)16-6-5-14(9-25-16)13-3-1-12(2-4-13)11-27-8-7-15(28)18(20(27)32)19(31)26-10-17(29)30/h1-6,9,28H,7-8,10-11H2,(H,26,31)(H,29,30). The predicted molar refractivity (Wildman–Crippen MR) is 105 cm³/mol. The number of carboxylic acids is 1. The highest BCUT2D eigenvalue weighted by molar-refractivity contribution is 6.19. The lowest BCUT2D eigenvalue weighted by molar-refractivity contribution is -0.141. The van der Waals surface area contributed by atoms with Crippen LogP contribution in [0.5, 0.6) is 0 Å². The van der Waals surface area contributed by atoms with E-state index in [1.54, 1.807) is 24.3 Å². The van der Waals surface area contributed by atoms with Crippen LogP contribution >= 0.6 is 0 Å². The Morgan fingerprint density at radius 2 is 1.75 bits per heavy atom. The average molecular weight is 449 g/mol. The molecule has 0 saturated carbocycles. The highest BCUT2D eigenvalue weighted by atomic mass is 19.4. The van der Waals surface area contributed by atoms with Crippen molar-refractivity contribution < 1.29 is 37.8 Å². The summed E-state index contributed by atoms with van der Waals surface area (Å²) in [6.45, 7) is -0.415. The number of alkyl halides is 3. The zero-order valence-electron chi connectivity index (χ0n) is 16.5. The first kappa shape index (κ1) is 22.8. The molecule has 2 aromatic rings. The molecule has 3 N–H and O–H groups in total. The molecule has 32 heavy (non-hydrogen) atoms. The van der Waals surface area contributed by atoms with E-state index >= 15 is 0 Å². The van der Waals surface area contributed by atoms with Gasteiger partial charge in [-0.2, -0.15) is 13.2 Å². The van der Waals surface area contributed by atoms with E-state index in [1.807, 2.05) is 0 Å². The lowest BCUT2D eigenvalue weighted by Gasteiger charge is -2.28. The van der Waals surface area contributed by atoms with E-state index in [2.05, 4.69) is 10.3 Å². The van der Waals surface area contributed by atoms with Gasteiger partial charge < -0.3 is 20.4 Å². The Labute approximate surface area is 180 Å². The summed E-state index contributed by atoms with van der Waals surface area (Å²) >= 11 is 0. The molecule has 8 nitrogen and oxygen atoms in total. The molecular formula is C21H18F3N3O5. The summed E-state index contributed by atoms with van der Waals surface area (Å²) in [7, 11) is 0. The highest BCUT2D eigenvalue weighted by Crippen LogP contribution is 2.29. The fourth-order valence-corrected chi connectivity index (χ4v) is 3.13. The van der Waals surface area contributed by atoms with Crippen LogP contribution in [-0.2, 0) is 27.1 Å². The third-order valence-corrected chi connectivity index (χ3v) is 4.75. The van der Waals surface area contributed by atoms with Crippen molar-refractivity contribution in [3.8, 4) is 11.1 Å². The van der Waals surface area contributed by atoms with Gasteiger partial charge in [0.25, 0.3) is 11.8 Å². The first-order valence-electron chi connectivity index (χ1n) is 9.40. The number of aromatic nitrogens is 1. The molecule has 11 heteroatoms. The maximum atomic E-state index is 12.6. The Morgan fingerprint density at radius 3 is 2.31 bits per heavy atom. The third-order valence-electron chi connectivity index (χ3n) is 4.75. The molecule has 0 saturated heterocycles. The smallest absolute Gasteiger partial charge is 0.433 e. The second kappa shape index (κ2) is 9.08. The van der Waals surface area contributed by atoms with Gasteiger partial charge in [-0.3, -0.25) is 19.4 Å². The number of pyridine rings is 1. The number of nitrogens with one attached hydrogen (secondary N) is 1. The van der Waals surface area contributed by atoms with E-state index in [0.717, 1.165) is 12.3 Å². The number of amides is 2. The van der Waals surface area contributed by atoms with Gasteiger partial charge >= 0.3 is 12.1 Å². The summed E-state index contributed by atoms with van der Waals surface area (Å²) in [6, 6.07) is 8.91. The quantitative estimate of drug-likeness (QED) is 0.583. The van der Waals surface area contributed by atoms with Gasteiger partial charge in [-0.05, 0) is 17.2 Å². The first-order valence-corrected chi connectivity index (χ1v) is 9.40. The number of benzene rings is 1. The van der Waals surface area contributed by atoms with E-state index < -0.39 is 47.5 Å². The van der Waals surface area contributed by atoms with E-state index in [1.165, 1.54) is 11.0 Å². The van der Waals surface area contributed by atoms with Crippen molar-refractivity contribution in [2.75, 3.05) is 13.1 Å². The fraction of sp³-hybridized carbons (Fsp3) is 0.238. The number of carbonyl (C=O) groups excluding carboxylic acids is 2. The summed E-state index contributed by atoms with van der Waals surface area (Å²) in [5.74, 6) is -3.39. The van der Waals surface area contributed by atoms with Crippen LogP contribution in [0.15, 0.2) is 53.9 Å². The topological polar surface area (TPSA) is 120 Å². The second-order valence-corrected chi connectivity index (χ2v) is 7.00. The predicted octanol–water partition coefficient (Wildman–Crippen LogP) is 2.51. The monoisotopic (exact) mass is 449 g/mol. The molecule has 0 radical (unpaired) electrons. The lowest BCUT2D eigenvalue weighted by Crippen LogP contribution is -2.43. The Morgan fingerprint density at radius 1 is 1.09 bits per heavy atom. The van der Waals surface area contributed by atoms with Crippen LogP contribution < -0.4 is 5.32 Å². The van der Waals surface area contributed by atoms with Gasteiger partial charge in [0.2, 0.25) is 0 Å². The summed E-state index contributed by atoms with van der Waals surface area (Å²) in [5, 5.41) is 20.6. The van der Waals surface area contributed by atoms with Crippen molar-refractivity contribution in [3.63, 3.8) is 0 Å². The number of rotatable bonds is 6. The molecule has 0 spiro atoms. The summed E-state index contributed by atoms with van der Waals surface area (Å²) < 4.78 is 37.9. The van der Waals surface area contributed by atoms with Crippen molar-refractivity contribution in [2.24, 2.45) is 0 Å². The maximum Gasteiger partial charge on any atom is 0.433 e. The number of nitrogens with zero attached hydrogens (tertiary/aromatic N) is 2. The van der Waals surface area contributed by atoms with Crippen LogP contribution in [0.1, 0.15) is 17.7 Å². The van der Waals surface area contributed by atoms with Crippen LogP contribution in [0, 0.1) is 0 Å². The molecule has 0 unspecified atom stereocenters. The number of aliphatic carboxylic acids is 1. The van der Waals surface area contributed by atoms with Crippen molar-refractivity contribution in [2.45, 2.75) is 19.1 Å². The number of hydrogen-bond donors (Lipinski definition) is 3. The number of aliphatic hydroxyl groups is 1. The Bertz CT molecular complexity index is 1060. The van der Waals surface area contributed by atoms with Gasteiger partial charge in [0.05, 0.1) is 0 Å². The third kappa shape index (κ3) is 5.23. The summed E-state index contributed by atoms with van der Waals surface area (Å²) in [6.07, 6.45) is -3.35. The van der Waals surface area contributed by atoms with E-state index in [4.69, 9.17) is 5.11 Å². The summed E-state index contributed by atoms with van der Waals surface area (Å²) in [4.78, 5) is 40.1. The number of halogens is 3. The molecule has 3 rings (SSSR count). The largest absolute Gasteiger partial charge is 0.511 e. The molecule has 0 bridgehead atoms. The van der Waals surface area contributed by atoms with Gasteiger partial charge in [0, 0.05) is 31.3 Å². The lowest BCUT2D eigenvalue weighted by atomic mass is 10.0. The highest BCUT2D eigenvalue weighted by Gasteiger charge is 2.33. The van der Waals surface area contributed by atoms with Crippen LogP contribution in [0.4, 0.5) is 13.2 Å². The minimum atomic E-state index is -4.52. The molecule has 0 fully saturated rings. The summed E-state index contributed by atoms with van der Waals surface area (Å²) in [5.41, 5.74) is 0.328. The molecule has 1 aromatic heterocycles. The molecule has 168 valence electrons. The van der Waals surface area contributed by atoms with Gasteiger partial charge in [0.1, 0.15) is 23.6 Å². The van der Waals surface area contributed by atoms with Crippen LogP contribution in [0.25, 0.3) is 11.1 Å². The Hall–Kier alpha value is -3.89. The van der Waals surface area contributed by atoms with Crippen molar-refractivity contribution >= 4 is 17.8 Å². The molecule has 0 aliphatic carbocycles. The number of carboxylic acid groups (broad SMARTS) is 1. The molecular weight excluding hydrogens is 431 g/mol. The molecule has 1 aliphatic heterocycles. The van der Waals surface area contributed by atoms with Crippen LogP contribution in [0.2, 0.25) is 0 Å². The van der Waals surface area contributed by atoms with Crippen molar-refractivity contribution in [1.29, 1.82) is 0 Å². The number of carbonyl (C=O) groups is 3. The molecule has 2 amide bonds. The molecule has 1 aromatic carbocycles. The van der Waals surface area contributed by atoms with E-state index in [-0.39, 0.29) is 19.5 Å². The maximum absolute atomic E-state index is 12.6. The Kier molecular flexibility index (Phi) is 6.47. The molecule has 2 heterocycles. The zero-order valence-corrected chi connectivity index (χ0v) is 16.5. The van der Waals surface area contributed by atoms with E-state index in [0.29, 0.717) is 16.7 Å². The minimum Gasteiger partial charge on any atom is -0.511 e. The number of hydrogen-bond acceptors (Lipinski definition) is 5.